The van der Waals surface area contributed by atoms with Gasteiger partial charge in [0.1, 0.15) is 0 Å². The molecular formula is C11H10O5. The molecule has 1 aromatic rings. The predicted octanol–water partition coefficient (Wildman–Crippen LogP) is 1.21. The first-order valence-electron chi connectivity index (χ1n) is 4.17. The number of aliphatic carboxylic acids is 2. The largest absolute Gasteiger partial charge is 0.478 e. The van der Waals surface area contributed by atoms with Gasteiger partial charge in [0, 0.05) is 11.6 Å². The lowest BCUT2D eigenvalue weighted by Gasteiger charge is -1.91. The van der Waals surface area contributed by atoms with E-state index >= 15 is 0 Å². The van der Waals surface area contributed by atoms with E-state index in [1.807, 2.05) is 0 Å². The maximum Gasteiger partial charge on any atom is 0.377 e. The van der Waals surface area contributed by atoms with Crippen LogP contribution in [0.15, 0.2) is 43.0 Å². The molecule has 16 heavy (non-hydrogen) atoms. The zero-order valence-electron chi connectivity index (χ0n) is 8.29. The number of carboxylic acid groups (broad SMARTS) is 2. The maximum absolute atomic E-state index is 10.7. The van der Waals surface area contributed by atoms with Crippen LogP contribution in [0.2, 0.25) is 0 Å². The van der Waals surface area contributed by atoms with Crippen molar-refractivity contribution < 1.29 is 24.6 Å². The molecule has 1 rings (SSSR count). The molecule has 0 heterocycles. The summed E-state index contributed by atoms with van der Waals surface area (Å²) >= 11 is 0. The Balaban J connectivity index is 0.000000385. The van der Waals surface area contributed by atoms with Crippen LogP contribution in [-0.4, -0.2) is 27.9 Å². The van der Waals surface area contributed by atoms with Crippen molar-refractivity contribution in [2.24, 2.45) is 0 Å². The molecule has 0 amide bonds. The van der Waals surface area contributed by atoms with E-state index in [0.29, 0.717) is 0 Å². The Kier molecular flexibility index (Phi) is 5.89. The monoisotopic (exact) mass is 222 g/mol. The van der Waals surface area contributed by atoms with E-state index in [0.717, 1.165) is 6.08 Å². The van der Waals surface area contributed by atoms with Gasteiger partial charge in [-0.15, -0.1) is 0 Å². The highest BCUT2D eigenvalue weighted by Crippen LogP contribution is 1.98. The average molecular weight is 222 g/mol. The zero-order valence-corrected chi connectivity index (χ0v) is 8.29. The minimum Gasteiger partial charge on any atom is -0.478 e. The van der Waals surface area contributed by atoms with Gasteiger partial charge in [-0.25, -0.2) is 9.59 Å². The number of rotatable bonds is 3. The van der Waals surface area contributed by atoms with E-state index in [2.05, 4.69) is 6.58 Å². The molecule has 0 bridgehead atoms. The van der Waals surface area contributed by atoms with Crippen LogP contribution in [0.5, 0.6) is 0 Å². The summed E-state index contributed by atoms with van der Waals surface area (Å²) < 4.78 is 0. The van der Waals surface area contributed by atoms with Crippen molar-refractivity contribution in [1.82, 2.24) is 0 Å². The van der Waals surface area contributed by atoms with E-state index in [1.165, 1.54) is 12.1 Å². The Morgan fingerprint density at radius 3 is 1.81 bits per heavy atom. The smallest absolute Gasteiger partial charge is 0.377 e. The molecule has 5 heteroatoms. The van der Waals surface area contributed by atoms with Crippen LogP contribution in [0, 0.1) is 0 Å². The lowest BCUT2D eigenvalue weighted by Crippen LogP contribution is -2.12. The molecule has 0 aromatic heterocycles. The molecule has 0 aliphatic carbocycles. The van der Waals surface area contributed by atoms with Gasteiger partial charge in [0.2, 0.25) is 0 Å². The van der Waals surface area contributed by atoms with Crippen molar-refractivity contribution >= 4 is 17.7 Å². The summed E-state index contributed by atoms with van der Waals surface area (Å²) in [7, 11) is 0. The molecule has 5 nitrogen and oxygen atoms in total. The van der Waals surface area contributed by atoms with Gasteiger partial charge in [0.05, 0.1) is 0 Å². The van der Waals surface area contributed by atoms with Crippen LogP contribution in [0.25, 0.3) is 0 Å². The van der Waals surface area contributed by atoms with Crippen molar-refractivity contribution in [3.63, 3.8) is 0 Å². The van der Waals surface area contributed by atoms with E-state index in [9.17, 15) is 14.4 Å². The highest BCUT2D eigenvalue weighted by atomic mass is 16.4. The quantitative estimate of drug-likeness (QED) is 0.455. The summed E-state index contributed by atoms with van der Waals surface area (Å²) in [5.41, 5.74) is 0.208. The Hall–Kier alpha value is -2.43. The third-order valence-corrected chi connectivity index (χ3v) is 1.40. The first kappa shape index (κ1) is 13.6. The molecule has 0 atom stereocenters. The number of hydrogen-bond acceptors (Lipinski definition) is 3. The number of benzene rings is 1. The number of carboxylic acids is 2. The highest BCUT2D eigenvalue weighted by molar-refractivity contribution is 6.39. The van der Waals surface area contributed by atoms with Gasteiger partial charge in [0.25, 0.3) is 5.78 Å². The van der Waals surface area contributed by atoms with Gasteiger partial charge in [-0.2, -0.15) is 0 Å². The average Bonchev–Trinajstić information content (AvgIpc) is 2.29. The number of carbonyl (C=O) groups is 3. The summed E-state index contributed by atoms with van der Waals surface area (Å²) in [6, 6.07) is 7.90. The van der Waals surface area contributed by atoms with E-state index in [-0.39, 0.29) is 5.56 Å². The van der Waals surface area contributed by atoms with Gasteiger partial charge in [-0.1, -0.05) is 36.9 Å². The first-order chi connectivity index (χ1) is 7.49. The lowest BCUT2D eigenvalue weighted by molar-refractivity contribution is -0.132. The zero-order chi connectivity index (χ0) is 12.6. The normalized spacial score (nSPS) is 8.25. The Bertz CT molecular complexity index is 394. The highest BCUT2D eigenvalue weighted by Gasteiger charge is 2.12. The fourth-order valence-corrected chi connectivity index (χ4v) is 0.713. The second kappa shape index (κ2) is 6.94. The van der Waals surface area contributed by atoms with Gasteiger partial charge in [-0.05, 0) is 0 Å². The van der Waals surface area contributed by atoms with E-state index in [4.69, 9.17) is 10.2 Å². The predicted molar refractivity (Wildman–Crippen MR) is 56.2 cm³/mol. The van der Waals surface area contributed by atoms with Crippen LogP contribution in [-0.2, 0) is 9.59 Å². The van der Waals surface area contributed by atoms with Crippen molar-refractivity contribution in [2.45, 2.75) is 0 Å². The number of carbonyl (C=O) groups excluding carboxylic acids is 1. The second-order valence-electron chi connectivity index (χ2n) is 2.54. The summed E-state index contributed by atoms with van der Waals surface area (Å²) in [4.78, 5) is 30.1. The van der Waals surface area contributed by atoms with Gasteiger partial charge < -0.3 is 10.2 Å². The minimum absolute atomic E-state index is 0.208. The fourth-order valence-electron chi connectivity index (χ4n) is 0.713. The van der Waals surface area contributed by atoms with Crippen LogP contribution in [0.3, 0.4) is 0 Å². The topological polar surface area (TPSA) is 91.7 Å². The Morgan fingerprint density at radius 1 is 1.06 bits per heavy atom. The summed E-state index contributed by atoms with van der Waals surface area (Å²) in [5, 5.41) is 15.9. The van der Waals surface area contributed by atoms with E-state index in [1.54, 1.807) is 18.2 Å². The standard InChI is InChI=1S/C8H6O3.C3H4O2/c9-7(8(10)11)6-4-2-1-3-5-6;1-2-3(4)5/h1-5H,(H,10,11);2H,1H2,(H,4,5). The molecular weight excluding hydrogens is 212 g/mol. The van der Waals surface area contributed by atoms with Crippen molar-refractivity contribution in [1.29, 1.82) is 0 Å². The molecule has 0 aliphatic heterocycles. The van der Waals surface area contributed by atoms with Crippen LogP contribution >= 0.6 is 0 Å². The number of Topliss-reactive ketones (excluding diaryl/α,β-unsaturated/α-hetero) is 1. The molecule has 1 aromatic carbocycles. The van der Waals surface area contributed by atoms with Crippen LogP contribution < -0.4 is 0 Å². The molecule has 0 saturated carbocycles. The third-order valence-electron chi connectivity index (χ3n) is 1.40. The molecule has 0 saturated heterocycles. The second-order valence-corrected chi connectivity index (χ2v) is 2.54. The lowest BCUT2D eigenvalue weighted by atomic mass is 10.1. The molecule has 2 N–H and O–H groups in total. The Morgan fingerprint density at radius 2 is 1.50 bits per heavy atom. The van der Waals surface area contributed by atoms with Crippen molar-refractivity contribution in [3.8, 4) is 0 Å². The first-order valence-corrected chi connectivity index (χ1v) is 4.17. The minimum atomic E-state index is -1.42. The molecule has 0 fully saturated rings. The summed E-state index contributed by atoms with van der Waals surface area (Å²) in [6.07, 6.45) is 0.833. The van der Waals surface area contributed by atoms with Gasteiger partial charge in [0.15, 0.2) is 0 Å². The molecule has 0 unspecified atom stereocenters. The van der Waals surface area contributed by atoms with Crippen molar-refractivity contribution in [3.05, 3.63) is 48.6 Å². The van der Waals surface area contributed by atoms with Crippen molar-refractivity contribution in [2.75, 3.05) is 0 Å². The fraction of sp³-hybridized carbons (Fsp3) is 0. The maximum atomic E-state index is 10.7. The summed E-state index contributed by atoms with van der Waals surface area (Å²) in [6.45, 7) is 2.96. The molecule has 84 valence electrons. The summed E-state index contributed by atoms with van der Waals surface area (Å²) in [5.74, 6) is -3.27. The number of ketones is 1. The SMILES string of the molecule is C=CC(=O)O.O=C(O)C(=O)c1ccccc1. The third kappa shape index (κ3) is 5.33. The number of hydrogen-bond donors (Lipinski definition) is 2. The molecule has 0 aliphatic rings. The molecule has 0 spiro atoms. The van der Waals surface area contributed by atoms with Gasteiger partial charge in [-0.3, -0.25) is 4.79 Å². The van der Waals surface area contributed by atoms with Gasteiger partial charge >= 0.3 is 11.9 Å². The molecule has 0 radical (unpaired) electrons. The van der Waals surface area contributed by atoms with E-state index < -0.39 is 17.7 Å². The van der Waals surface area contributed by atoms with Crippen LogP contribution in [0.1, 0.15) is 10.4 Å². The Labute approximate surface area is 91.6 Å². The van der Waals surface area contributed by atoms with Crippen LogP contribution in [0.4, 0.5) is 0 Å².